The van der Waals surface area contributed by atoms with Gasteiger partial charge < -0.3 is 15.3 Å². The van der Waals surface area contributed by atoms with Gasteiger partial charge in [0.05, 0.1) is 17.8 Å². The van der Waals surface area contributed by atoms with Crippen molar-refractivity contribution in [3.05, 3.63) is 28.8 Å². The monoisotopic (exact) mass is 266 g/mol. The van der Waals surface area contributed by atoms with Gasteiger partial charge in [0, 0.05) is 12.1 Å². The first kappa shape index (κ1) is 13.9. The van der Waals surface area contributed by atoms with Gasteiger partial charge in [0.25, 0.3) is 0 Å². The van der Waals surface area contributed by atoms with E-state index in [0.29, 0.717) is 0 Å². The summed E-state index contributed by atoms with van der Waals surface area (Å²) in [6.45, 7) is 0.127. The molecule has 2 N–H and O–H groups in total. The first-order valence-corrected chi connectivity index (χ1v) is 5.32. The van der Waals surface area contributed by atoms with Gasteiger partial charge in [-0.05, 0) is 18.2 Å². The number of benzene rings is 1. The SMILES string of the molecule is C#CCN(C)C(=O)Nc1ccc(Cl)cc1C(=O)O. The molecule has 1 aromatic rings. The van der Waals surface area contributed by atoms with Gasteiger partial charge in [-0.2, -0.15) is 0 Å². The van der Waals surface area contributed by atoms with Crippen LogP contribution in [0.1, 0.15) is 10.4 Å². The van der Waals surface area contributed by atoms with Crippen LogP contribution in [0.15, 0.2) is 18.2 Å². The molecule has 0 saturated heterocycles. The van der Waals surface area contributed by atoms with Crippen molar-refractivity contribution in [1.82, 2.24) is 4.90 Å². The fourth-order valence-corrected chi connectivity index (χ4v) is 1.39. The standard InChI is InChI=1S/C12H11ClN2O3/c1-3-6-15(2)12(18)14-10-5-4-8(13)7-9(10)11(16)17/h1,4-5,7H,6H2,2H3,(H,14,18)(H,16,17). The maximum absolute atomic E-state index is 11.7. The van der Waals surface area contributed by atoms with E-state index in [4.69, 9.17) is 23.1 Å². The van der Waals surface area contributed by atoms with E-state index in [1.807, 2.05) is 0 Å². The zero-order valence-electron chi connectivity index (χ0n) is 9.61. The Labute approximate surface area is 109 Å². The summed E-state index contributed by atoms with van der Waals surface area (Å²) in [6.07, 6.45) is 5.08. The summed E-state index contributed by atoms with van der Waals surface area (Å²) in [6, 6.07) is 3.69. The molecule has 0 aliphatic rings. The normalized spacial score (nSPS) is 9.39. The molecule has 6 heteroatoms. The molecule has 0 fully saturated rings. The Morgan fingerprint density at radius 2 is 2.22 bits per heavy atom. The average molecular weight is 267 g/mol. The molecule has 0 atom stereocenters. The number of urea groups is 1. The molecule has 0 spiro atoms. The maximum atomic E-state index is 11.7. The first-order valence-electron chi connectivity index (χ1n) is 4.94. The lowest BCUT2D eigenvalue weighted by Crippen LogP contribution is -2.32. The molecule has 5 nitrogen and oxygen atoms in total. The summed E-state index contributed by atoms with van der Waals surface area (Å²) in [5.41, 5.74) is 0.0886. The van der Waals surface area contributed by atoms with E-state index < -0.39 is 12.0 Å². The van der Waals surface area contributed by atoms with Crippen molar-refractivity contribution < 1.29 is 14.7 Å². The van der Waals surface area contributed by atoms with Crippen LogP contribution in [0, 0.1) is 12.3 Å². The van der Waals surface area contributed by atoms with Gasteiger partial charge in [0.1, 0.15) is 0 Å². The predicted molar refractivity (Wildman–Crippen MR) is 68.9 cm³/mol. The minimum absolute atomic E-state index is 0.0787. The number of hydrogen-bond donors (Lipinski definition) is 2. The van der Waals surface area contributed by atoms with Crippen molar-refractivity contribution in [2.24, 2.45) is 0 Å². The predicted octanol–water partition coefficient (Wildman–Crippen LogP) is 2.14. The summed E-state index contributed by atoms with van der Waals surface area (Å²) in [7, 11) is 1.51. The molecule has 0 unspecified atom stereocenters. The Balaban J connectivity index is 2.95. The Morgan fingerprint density at radius 1 is 1.56 bits per heavy atom. The number of carboxylic acids is 1. The summed E-state index contributed by atoms with van der Waals surface area (Å²) in [4.78, 5) is 23.9. The minimum atomic E-state index is -1.17. The van der Waals surface area contributed by atoms with Crippen LogP contribution in [0.5, 0.6) is 0 Å². The van der Waals surface area contributed by atoms with Gasteiger partial charge in [-0.3, -0.25) is 0 Å². The third-order valence-electron chi connectivity index (χ3n) is 2.13. The van der Waals surface area contributed by atoms with Crippen molar-refractivity contribution in [3.8, 4) is 12.3 Å². The molecule has 1 rings (SSSR count). The van der Waals surface area contributed by atoms with Crippen LogP contribution in [0.25, 0.3) is 0 Å². The van der Waals surface area contributed by atoms with Crippen LogP contribution < -0.4 is 5.32 Å². The second kappa shape index (κ2) is 5.94. The van der Waals surface area contributed by atoms with E-state index in [1.165, 1.54) is 30.1 Å². The third-order valence-corrected chi connectivity index (χ3v) is 2.36. The average Bonchev–Trinajstić information content (AvgIpc) is 2.31. The Kier molecular flexibility index (Phi) is 4.58. The number of rotatable bonds is 3. The molecule has 0 radical (unpaired) electrons. The van der Waals surface area contributed by atoms with Crippen molar-refractivity contribution >= 4 is 29.3 Å². The molecule has 18 heavy (non-hydrogen) atoms. The minimum Gasteiger partial charge on any atom is -0.478 e. The lowest BCUT2D eigenvalue weighted by atomic mass is 10.2. The molecule has 1 aromatic carbocycles. The number of nitrogens with one attached hydrogen (secondary N) is 1. The van der Waals surface area contributed by atoms with E-state index in [0.717, 1.165) is 0 Å². The molecular weight excluding hydrogens is 256 g/mol. The lowest BCUT2D eigenvalue weighted by Gasteiger charge is -2.16. The van der Waals surface area contributed by atoms with Crippen LogP contribution >= 0.6 is 11.6 Å². The maximum Gasteiger partial charge on any atom is 0.337 e. The topological polar surface area (TPSA) is 69.6 Å². The van der Waals surface area contributed by atoms with Crippen LogP contribution in [0.4, 0.5) is 10.5 Å². The fourth-order valence-electron chi connectivity index (χ4n) is 1.22. The van der Waals surface area contributed by atoms with Crippen molar-refractivity contribution in [3.63, 3.8) is 0 Å². The van der Waals surface area contributed by atoms with Gasteiger partial charge in [-0.1, -0.05) is 17.5 Å². The molecular formula is C12H11ClN2O3. The zero-order valence-corrected chi connectivity index (χ0v) is 10.4. The molecule has 0 aliphatic heterocycles. The number of carboxylic acid groups (broad SMARTS) is 1. The fraction of sp³-hybridized carbons (Fsp3) is 0.167. The number of aromatic carboxylic acids is 1. The number of halogens is 1. The highest BCUT2D eigenvalue weighted by Crippen LogP contribution is 2.21. The van der Waals surface area contributed by atoms with E-state index >= 15 is 0 Å². The quantitative estimate of drug-likeness (QED) is 0.824. The van der Waals surface area contributed by atoms with Gasteiger partial charge in [-0.15, -0.1) is 6.42 Å². The van der Waals surface area contributed by atoms with E-state index in [9.17, 15) is 9.59 Å². The second-order valence-electron chi connectivity index (χ2n) is 3.49. The van der Waals surface area contributed by atoms with Crippen molar-refractivity contribution in [2.45, 2.75) is 0 Å². The number of carbonyl (C=O) groups is 2. The molecule has 0 aromatic heterocycles. The molecule has 0 saturated carbocycles. The highest BCUT2D eigenvalue weighted by molar-refractivity contribution is 6.31. The molecule has 2 amide bonds. The molecule has 0 heterocycles. The molecule has 0 bridgehead atoms. The second-order valence-corrected chi connectivity index (χ2v) is 3.92. The van der Waals surface area contributed by atoms with Crippen LogP contribution in [-0.4, -0.2) is 35.6 Å². The molecule has 0 aliphatic carbocycles. The number of amides is 2. The Morgan fingerprint density at radius 3 is 2.78 bits per heavy atom. The number of nitrogens with zero attached hydrogens (tertiary/aromatic N) is 1. The zero-order chi connectivity index (χ0) is 13.7. The highest BCUT2D eigenvalue weighted by Gasteiger charge is 2.14. The van der Waals surface area contributed by atoms with E-state index in [1.54, 1.807) is 0 Å². The number of carbonyl (C=O) groups excluding carboxylic acids is 1. The summed E-state index contributed by atoms with van der Waals surface area (Å²) in [5.74, 6) is 1.13. The summed E-state index contributed by atoms with van der Waals surface area (Å²) in [5, 5.41) is 11.7. The van der Waals surface area contributed by atoms with Gasteiger partial charge >= 0.3 is 12.0 Å². The summed E-state index contributed by atoms with van der Waals surface area (Å²) >= 11 is 5.70. The van der Waals surface area contributed by atoms with Crippen LogP contribution in [0.2, 0.25) is 5.02 Å². The Hall–Kier alpha value is -2.19. The summed E-state index contributed by atoms with van der Waals surface area (Å²) < 4.78 is 0. The molecule has 94 valence electrons. The van der Waals surface area contributed by atoms with Crippen LogP contribution in [0.3, 0.4) is 0 Å². The van der Waals surface area contributed by atoms with Gasteiger partial charge in [-0.25, -0.2) is 9.59 Å². The Bertz CT molecular complexity index is 523. The largest absolute Gasteiger partial charge is 0.478 e. The number of terminal acetylenes is 1. The van der Waals surface area contributed by atoms with Crippen molar-refractivity contribution in [2.75, 3.05) is 18.9 Å². The smallest absolute Gasteiger partial charge is 0.337 e. The van der Waals surface area contributed by atoms with Crippen LogP contribution in [-0.2, 0) is 0 Å². The highest BCUT2D eigenvalue weighted by atomic mass is 35.5. The third kappa shape index (κ3) is 3.40. The number of anilines is 1. The van der Waals surface area contributed by atoms with E-state index in [2.05, 4.69) is 11.2 Å². The first-order chi connectivity index (χ1) is 8.45. The lowest BCUT2D eigenvalue weighted by molar-refractivity contribution is 0.0698. The van der Waals surface area contributed by atoms with E-state index in [-0.39, 0.29) is 22.8 Å². The van der Waals surface area contributed by atoms with Crippen molar-refractivity contribution in [1.29, 1.82) is 0 Å². The van der Waals surface area contributed by atoms with Gasteiger partial charge in [0.2, 0.25) is 0 Å². The number of hydrogen-bond acceptors (Lipinski definition) is 2. The van der Waals surface area contributed by atoms with Gasteiger partial charge in [0.15, 0.2) is 0 Å².